The maximum absolute atomic E-state index is 12.9. The highest BCUT2D eigenvalue weighted by Gasteiger charge is 2.48. The number of hydrogen-bond acceptors (Lipinski definition) is 5. The smallest absolute Gasteiger partial charge is 0.242 e. The van der Waals surface area contributed by atoms with Crippen molar-refractivity contribution in [2.45, 2.75) is 37.5 Å². The van der Waals surface area contributed by atoms with Gasteiger partial charge in [0.2, 0.25) is 5.91 Å². The summed E-state index contributed by atoms with van der Waals surface area (Å²) in [6.45, 7) is 5.30. The van der Waals surface area contributed by atoms with Gasteiger partial charge in [0.05, 0.1) is 12.6 Å². The normalized spacial score (nSPS) is 17.9. The van der Waals surface area contributed by atoms with Gasteiger partial charge >= 0.3 is 0 Å². The van der Waals surface area contributed by atoms with E-state index in [1.165, 1.54) is 0 Å². The van der Waals surface area contributed by atoms with Gasteiger partial charge in [-0.15, -0.1) is 12.4 Å². The Kier molecular flexibility index (Phi) is 7.71. The Morgan fingerprint density at radius 1 is 1.32 bits per heavy atom. The second-order valence-corrected chi connectivity index (χ2v) is 8.51. The van der Waals surface area contributed by atoms with Gasteiger partial charge in [0, 0.05) is 11.8 Å². The molecule has 25 heavy (non-hydrogen) atoms. The fraction of sp³-hybridized carbons (Fsp3) is 0.588. The summed E-state index contributed by atoms with van der Waals surface area (Å²) in [4.78, 5) is 12.9. The van der Waals surface area contributed by atoms with Gasteiger partial charge in [-0.1, -0.05) is 18.2 Å². The monoisotopic (exact) mass is 390 g/mol. The minimum Gasteiger partial charge on any atom is -0.494 e. The fourth-order valence-electron chi connectivity index (χ4n) is 3.13. The molecule has 8 heteroatoms. The van der Waals surface area contributed by atoms with Gasteiger partial charge in [-0.3, -0.25) is 4.79 Å². The van der Waals surface area contributed by atoms with Gasteiger partial charge < -0.3 is 15.4 Å². The van der Waals surface area contributed by atoms with Crippen LogP contribution in [0.5, 0.6) is 5.75 Å². The van der Waals surface area contributed by atoms with E-state index >= 15 is 0 Å². The van der Waals surface area contributed by atoms with Crippen LogP contribution in [0.3, 0.4) is 0 Å². The molecule has 1 saturated heterocycles. The number of nitrogens with one attached hydrogen (secondary N) is 2. The number of carbonyl (C=O) groups excluding carboxylic acids is 1. The summed E-state index contributed by atoms with van der Waals surface area (Å²) in [5.41, 5.74) is 0.838. The largest absolute Gasteiger partial charge is 0.494 e. The van der Waals surface area contributed by atoms with E-state index in [2.05, 4.69) is 10.6 Å². The predicted molar refractivity (Wildman–Crippen MR) is 101 cm³/mol. The molecule has 0 spiro atoms. The average Bonchev–Trinajstić information content (AvgIpc) is 2.55. The lowest BCUT2D eigenvalue weighted by molar-refractivity contribution is -0.125. The van der Waals surface area contributed by atoms with Crippen LogP contribution in [-0.4, -0.2) is 45.0 Å². The van der Waals surface area contributed by atoms with E-state index in [-0.39, 0.29) is 31.3 Å². The van der Waals surface area contributed by atoms with Crippen LogP contribution in [0.4, 0.5) is 0 Å². The standard InChI is InChI=1S/C17H26N2O4S.ClH/c1-4-23-15-8-6-5-7-14(15)13(2)19-16(20)17(24(3,21)22)9-11-18-12-10-17;/h5-8,13,18H,4,9-12H2,1-3H3,(H,19,20);1H. The number of benzene rings is 1. The molecule has 6 nitrogen and oxygen atoms in total. The Labute approximate surface area is 156 Å². The number of carbonyl (C=O) groups is 1. The van der Waals surface area contributed by atoms with E-state index in [0.717, 1.165) is 11.8 Å². The Hall–Kier alpha value is -1.31. The maximum Gasteiger partial charge on any atom is 0.242 e. The molecule has 1 aliphatic heterocycles. The molecule has 1 atom stereocenters. The van der Waals surface area contributed by atoms with Crippen molar-refractivity contribution in [1.29, 1.82) is 0 Å². The highest BCUT2D eigenvalue weighted by molar-refractivity contribution is 7.92. The molecule has 0 aliphatic carbocycles. The fourth-order valence-corrected chi connectivity index (χ4v) is 4.47. The molecule has 2 N–H and O–H groups in total. The summed E-state index contributed by atoms with van der Waals surface area (Å²) in [6, 6.07) is 7.13. The maximum atomic E-state index is 12.9. The van der Waals surface area contributed by atoms with Crippen LogP contribution < -0.4 is 15.4 Å². The average molecular weight is 391 g/mol. The van der Waals surface area contributed by atoms with Crippen LogP contribution in [0.2, 0.25) is 0 Å². The van der Waals surface area contributed by atoms with Gasteiger partial charge in [0.25, 0.3) is 0 Å². The van der Waals surface area contributed by atoms with Crippen molar-refractivity contribution in [2.75, 3.05) is 26.0 Å². The van der Waals surface area contributed by atoms with Crippen molar-refractivity contribution < 1.29 is 17.9 Å². The molecule has 1 heterocycles. The van der Waals surface area contributed by atoms with Crippen molar-refractivity contribution in [3.05, 3.63) is 29.8 Å². The number of amides is 1. The lowest BCUT2D eigenvalue weighted by atomic mass is 9.95. The summed E-state index contributed by atoms with van der Waals surface area (Å²) < 4.78 is 28.9. The van der Waals surface area contributed by atoms with Crippen molar-refractivity contribution in [3.63, 3.8) is 0 Å². The van der Waals surface area contributed by atoms with E-state index in [0.29, 0.717) is 25.4 Å². The molecule has 1 unspecified atom stereocenters. The first kappa shape index (κ1) is 21.7. The zero-order valence-electron chi connectivity index (χ0n) is 14.9. The van der Waals surface area contributed by atoms with Crippen LogP contribution in [0.25, 0.3) is 0 Å². The zero-order valence-corrected chi connectivity index (χ0v) is 16.5. The quantitative estimate of drug-likeness (QED) is 0.774. The third kappa shape index (κ3) is 4.65. The highest BCUT2D eigenvalue weighted by atomic mass is 35.5. The summed E-state index contributed by atoms with van der Waals surface area (Å²) in [7, 11) is -3.52. The molecule has 1 amide bonds. The van der Waals surface area contributed by atoms with Crippen molar-refractivity contribution in [1.82, 2.24) is 10.6 Å². The first-order valence-corrected chi connectivity index (χ1v) is 10.1. The number of hydrogen-bond donors (Lipinski definition) is 2. The molecule has 2 rings (SSSR count). The molecule has 0 aromatic heterocycles. The Balaban J connectivity index is 0.00000312. The van der Waals surface area contributed by atoms with Gasteiger partial charge in [0.15, 0.2) is 14.6 Å². The van der Waals surface area contributed by atoms with Gasteiger partial charge in [-0.25, -0.2) is 8.42 Å². The molecule has 0 radical (unpaired) electrons. The zero-order chi connectivity index (χ0) is 17.8. The van der Waals surface area contributed by atoms with Crippen molar-refractivity contribution in [2.24, 2.45) is 0 Å². The van der Waals surface area contributed by atoms with Gasteiger partial charge in [0.1, 0.15) is 5.75 Å². The van der Waals surface area contributed by atoms with Crippen molar-refractivity contribution >= 4 is 28.2 Å². The lowest BCUT2D eigenvalue weighted by Crippen LogP contribution is -2.57. The van der Waals surface area contributed by atoms with Crippen LogP contribution >= 0.6 is 12.4 Å². The molecule has 1 aromatic carbocycles. The highest BCUT2D eigenvalue weighted by Crippen LogP contribution is 2.30. The Morgan fingerprint density at radius 2 is 1.92 bits per heavy atom. The molecule has 1 aliphatic rings. The number of ether oxygens (including phenoxy) is 1. The van der Waals surface area contributed by atoms with Crippen LogP contribution in [0, 0.1) is 0 Å². The summed E-state index contributed by atoms with van der Waals surface area (Å²) in [6.07, 6.45) is 1.73. The SMILES string of the molecule is CCOc1ccccc1C(C)NC(=O)C1(S(C)(=O)=O)CCNCC1.Cl. The second-order valence-electron chi connectivity index (χ2n) is 6.18. The third-order valence-electron chi connectivity index (χ3n) is 4.57. The lowest BCUT2D eigenvalue weighted by Gasteiger charge is -2.35. The molecule has 0 bridgehead atoms. The minimum atomic E-state index is -3.52. The minimum absolute atomic E-state index is 0. The molecule has 1 fully saturated rings. The van der Waals surface area contributed by atoms with Crippen LogP contribution in [0.15, 0.2) is 24.3 Å². The van der Waals surface area contributed by atoms with Crippen molar-refractivity contribution in [3.8, 4) is 5.75 Å². The van der Waals surface area contributed by atoms with Crippen LogP contribution in [-0.2, 0) is 14.6 Å². The number of piperidine rings is 1. The van der Waals surface area contributed by atoms with E-state index in [4.69, 9.17) is 4.74 Å². The van der Waals surface area contributed by atoms with Crippen LogP contribution in [0.1, 0.15) is 38.3 Å². The summed E-state index contributed by atoms with van der Waals surface area (Å²) >= 11 is 0. The number of sulfone groups is 1. The molecule has 0 saturated carbocycles. The number of halogens is 1. The Morgan fingerprint density at radius 3 is 2.48 bits per heavy atom. The van der Waals surface area contributed by atoms with Gasteiger partial charge in [-0.2, -0.15) is 0 Å². The predicted octanol–water partition coefficient (Wildman–Crippen LogP) is 1.85. The molecule has 1 aromatic rings. The van der Waals surface area contributed by atoms with Gasteiger partial charge in [-0.05, 0) is 45.8 Å². The number of rotatable bonds is 6. The number of para-hydroxylation sites is 1. The summed E-state index contributed by atoms with van der Waals surface area (Å²) in [5.74, 6) is 0.275. The first-order valence-electron chi connectivity index (χ1n) is 8.25. The molecular weight excluding hydrogens is 364 g/mol. The van der Waals surface area contributed by atoms with E-state index in [1.54, 1.807) is 0 Å². The second kappa shape index (κ2) is 8.87. The van der Waals surface area contributed by atoms with E-state index in [9.17, 15) is 13.2 Å². The first-order chi connectivity index (χ1) is 11.3. The molecular formula is C17H27ClN2O4S. The third-order valence-corrected chi connectivity index (χ3v) is 6.58. The van der Waals surface area contributed by atoms with E-state index in [1.807, 2.05) is 38.1 Å². The molecule has 142 valence electrons. The van der Waals surface area contributed by atoms with E-state index < -0.39 is 20.5 Å². The Bertz CT molecular complexity index is 688. The summed E-state index contributed by atoms with van der Waals surface area (Å²) in [5, 5.41) is 6.00. The topological polar surface area (TPSA) is 84.5 Å².